The van der Waals surface area contributed by atoms with Crippen LogP contribution >= 0.6 is 0 Å². The largest absolute Gasteiger partial charge is 0.341 e. The van der Waals surface area contributed by atoms with E-state index in [2.05, 4.69) is 44.4 Å². The van der Waals surface area contributed by atoms with Crippen molar-refractivity contribution in [3.63, 3.8) is 0 Å². The number of likely N-dealkylation sites (tertiary alicyclic amines) is 2. The van der Waals surface area contributed by atoms with E-state index < -0.39 is 0 Å². The summed E-state index contributed by atoms with van der Waals surface area (Å²) < 4.78 is 7.37. The lowest BCUT2D eigenvalue weighted by atomic mass is 9.71. The Balaban J connectivity index is 1.27. The van der Waals surface area contributed by atoms with Crippen molar-refractivity contribution in [2.24, 2.45) is 5.41 Å². The molecule has 4 heterocycles. The zero-order chi connectivity index (χ0) is 20.6. The molecule has 2 aliphatic heterocycles. The fourth-order valence-electron chi connectivity index (χ4n) is 4.84. The summed E-state index contributed by atoms with van der Waals surface area (Å²) in [6, 6.07) is 12.4. The molecule has 2 aromatic heterocycles. The zero-order valence-corrected chi connectivity index (χ0v) is 17.1. The highest BCUT2D eigenvalue weighted by Gasteiger charge is 2.57. The lowest BCUT2D eigenvalue weighted by molar-refractivity contribution is -0.144. The van der Waals surface area contributed by atoms with E-state index in [1.165, 1.54) is 5.56 Å². The maximum absolute atomic E-state index is 12.7. The van der Waals surface area contributed by atoms with Crippen LogP contribution < -0.4 is 0 Å². The molecule has 1 atom stereocenters. The van der Waals surface area contributed by atoms with E-state index in [1.54, 1.807) is 10.9 Å². The number of aromatic nitrogens is 4. The third-order valence-corrected chi connectivity index (χ3v) is 6.29. The molecule has 8 heteroatoms. The Bertz CT molecular complexity index is 994. The summed E-state index contributed by atoms with van der Waals surface area (Å²) >= 11 is 0. The number of benzene rings is 1. The van der Waals surface area contributed by atoms with Crippen LogP contribution in [0.2, 0.25) is 0 Å². The molecular weight excluding hydrogens is 380 g/mol. The van der Waals surface area contributed by atoms with Gasteiger partial charge in [0.05, 0.1) is 5.92 Å². The highest BCUT2D eigenvalue weighted by atomic mass is 16.5. The predicted octanol–water partition coefficient (Wildman–Crippen LogP) is 2.09. The number of carbonyl (C=O) groups is 1. The van der Waals surface area contributed by atoms with Gasteiger partial charge in [0.2, 0.25) is 11.8 Å². The molecule has 2 fully saturated rings. The van der Waals surface area contributed by atoms with Crippen molar-refractivity contribution >= 4 is 5.91 Å². The Kier molecular flexibility index (Phi) is 4.86. The topological polar surface area (TPSA) is 80.3 Å². The molecule has 0 N–H and O–H groups in total. The molecule has 1 unspecified atom stereocenters. The van der Waals surface area contributed by atoms with Crippen molar-refractivity contribution in [1.82, 2.24) is 29.7 Å². The molecule has 1 spiro atoms. The number of carbonyl (C=O) groups excluding carboxylic acids is 1. The van der Waals surface area contributed by atoms with Crippen LogP contribution in [0.4, 0.5) is 0 Å². The lowest BCUT2D eigenvalue weighted by Crippen LogP contribution is -2.61. The molecule has 30 heavy (non-hydrogen) atoms. The van der Waals surface area contributed by atoms with Crippen molar-refractivity contribution in [2.75, 3.05) is 26.2 Å². The zero-order valence-electron chi connectivity index (χ0n) is 17.1. The molecule has 3 aromatic rings. The molecule has 1 aromatic carbocycles. The van der Waals surface area contributed by atoms with Crippen molar-refractivity contribution < 1.29 is 9.32 Å². The Morgan fingerprint density at radius 3 is 2.73 bits per heavy atom. The van der Waals surface area contributed by atoms with Gasteiger partial charge in [0, 0.05) is 63.5 Å². The van der Waals surface area contributed by atoms with Gasteiger partial charge in [0.1, 0.15) is 0 Å². The van der Waals surface area contributed by atoms with Gasteiger partial charge in [-0.15, -0.1) is 0 Å². The fourth-order valence-corrected chi connectivity index (χ4v) is 4.84. The van der Waals surface area contributed by atoms with Gasteiger partial charge in [-0.2, -0.15) is 10.1 Å². The monoisotopic (exact) mass is 406 g/mol. The van der Waals surface area contributed by atoms with E-state index in [1.807, 2.05) is 30.2 Å². The number of amides is 1. The quantitative estimate of drug-likeness (QED) is 0.624. The third-order valence-electron chi connectivity index (χ3n) is 6.29. The molecule has 2 saturated heterocycles. The Morgan fingerprint density at radius 2 is 2.03 bits per heavy atom. The predicted molar refractivity (Wildman–Crippen MR) is 109 cm³/mol. The molecule has 5 rings (SSSR count). The second-order valence-electron chi connectivity index (χ2n) is 8.52. The number of nitrogens with zero attached hydrogens (tertiary/aromatic N) is 6. The summed E-state index contributed by atoms with van der Waals surface area (Å²) in [5.74, 6) is 1.69. The highest BCUT2D eigenvalue weighted by molar-refractivity contribution is 5.77. The molecule has 156 valence electrons. The van der Waals surface area contributed by atoms with Gasteiger partial charge >= 0.3 is 0 Å². The van der Waals surface area contributed by atoms with E-state index >= 15 is 0 Å². The van der Waals surface area contributed by atoms with Gasteiger partial charge in [-0.3, -0.25) is 14.4 Å². The van der Waals surface area contributed by atoms with E-state index in [9.17, 15) is 4.79 Å². The van der Waals surface area contributed by atoms with Gasteiger partial charge in [-0.25, -0.2) is 0 Å². The average Bonchev–Trinajstić information content (AvgIpc) is 3.45. The van der Waals surface area contributed by atoms with Crippen LogP contribution in [0.3, 0.4) is 0 Å². The summed E-state index contributed by atoms with van der Waals surface area (Å²) in [6.07, 6.45) is 4.09. The maximum Gasteiger partial charge on any atom is 0.231 e. The minimum absolute atomic E-state index is 0.0187. The number of hydrogen-bond donors (Lipinski definition) is 0. The molecule has 0 bridgehead atoms. The molecular formula is C22H26N6O2. The fraction of sp³-hybridized carbons (Fsp3) is 0.455. The lowest BCUT2D eigenvalue weighted by Gasteiger charge is -2.50. The van der Waals surface area contributed by atoms with Crippen LogP contribution in [-0.2, 0) is 17.9 Å². The smallest absolute Gasteiger partial charge is 0.231 e. The van der Waals surface area contributed by atoms with Gasteiger partial charge in [-0.1, -0.05) is 35.5 Å². The molecule has 8 nitrogen and oxygen atoms in total. The second kappa shape index (κ2) is 7.68. The van der Waals surface area contributed by atoms with Gasteiger partial charge in [0.25, 0.3) is 0 Å². The first kappa shape index (κ1) is 19.0. The first-order valence-corrected chi connectivity index (χ1v) is 10.4. The van der Waals surface area contributed by atoms with Crippen molar-refractivity contribution in [1.29, 1.82) is 0 Å². The van der Waals surface area contributed by atoms with Crippen LogP contribution in [0.1, 0.15) is 29.6 Å². The van der Waals surface area contributed by atoms with Crippen LogP contribution in [0.5, 0.6) is 0 Å². The van der Waals surface area contributed by atoms with Crippen molar-refractivity contribution in [3.05, 3.63) is 66.1 Å². The van der Waals surface area contributed by atoms with Gasteiger partial charge < -0.3 is 9.42 Å². The number of aryl methyl sites for hydroxylation is 2. The van der Waals surface area contributed by atoms with Gasteiger partial charge in [-0.05, 0) is 18.6 Å². The Hall–Kier alpha value is -3.00. The van der Waals surface area contributed by atoms with Crippen LogP contribution in [0.15, 0.2) is 53.3 Å². The Labute approximate surface area is 175 Å². The normalized spacial score (nSPS) is 20.6. The van der Waals surface area contributed by atoms with Crippen molar-refractivity contribution in [3.8, 4) is 0 Å². The summed E-state index contributed by atoms with van der Waals surface area (Å²) in [5, 5.41) is 8.19. The van der Waals surface area contributed by atoms with E-state index in [0.29, 0.717) is 24.7 Å². The number of hydrogen-bond acceptors (Lipinski definition) is 6. The minimum atomic E-state index is -0.0187. The SMILES string of the molecule is Cc1noc(C2CN(Cc3ccccc3)CC23CN(C(=O)CCn2cccn2)C3)n1. The number of rotatable bonds is 6. The van der Waals surface area contributed by atoms with E-state index in [-0.39, 0.29) is 17.2 Å². The first-order chi connectivity index (χ1) is 14.6. The minimum Gasteiger partial charge on any atom is -0.341 e. The summed E-state index contributed by atoms with van der Waals surface area (Å²) in [7, 11) is 0. The van der Waals surface area contributed by atoms with Gasteiger partial charge in [0.15, 0.2) is 5.82 Å². The summed E-state index contributed by atoms with van der Waals surface area (Å²) in [5.41, 5.74) is 1.27. The molecule has 1 amide bonds. The maximum atomic E-state index is 12.7. The first-order valence-electron chi connectivity index (χ1n) is 10.4. The molecule has 2 aliphatic rings. The second-order valence-corrected chi connectivity index (χ2v) is 8.52. The average molecular weight is 406 g/mol. The molecule has 0 saturated carbocycles. The molecule has 0 radical (unpaired) electrons. The van der Waals surface area contributed by atoms with Crippen LogP contribution in [0, 0.1) is 12.3 Å². The van der Waals surface area contributed by atoms with Crippen LogP contribution in [-0.4, -0.2) is 61.8 Å². The Morgan fingerprint density at radius 1 is 1.20 bits per heavy atom. The summed E-state index contributed by atoms with van der Waals surface area (Å²) in [4.78, 5) is 21.6. The highest BCUT2D eigenvalue weighted by Crippen LogP contribution is 2.49. The van der Waals surface area contributed by atoms with Crippen molar-refractivity contribution in [2.45, 2.75) is 32.4 Å². The van der Waals surface area contributed by atoms with Crippen LogP contribution in [0.25, 0.3) is 0 Å². The molecule has 0 aliphatic carbocycles. The summed E-state index contributed by atoms with van der Waals surface area (Å²) in [6.45, 7) is 6.62. The van der Waals surface area contributed by atoms with E-state index in [0.717, 1.165) is 32.7 Å². The standard InChI is InChI=1S/C22H26N6O2/c1-17-24-21(30-25-17)19-13-26(12-18-6-3-2-4-7-18)14-22(19)15-27(16-22)20(29)8-11-28-10-5-9-23-28/h2-7,9-10,19H,8,11-16H2,1H3. The third kappa shape index (κ3) is 3.63. The van der Waals surface area contributed by atoms with E-state index in [4.69, 9.17) is 4.52 Å².